The Kier molecular flexibility index (Phi) is 5.83. The van der Waals surface area contributed by atoms with Gasteiger partial charge in [0.05, 0.1) is 12.7 Å². The molecule has 1 atom stereocenters. The minimum absolute atomic E-state index is 0.0728. The highest BCUT2D eigenvalue weighted by Crippen LogP contribution is 2.36. The van der Waals surface area contributed by atoms with Crippen LogP contribution in [-0.4, -0.2) is 14.9 Å². The second-order valence-corrected chi connectivity index (χ2v) is 8.72. The van der Waals surface area contributed by atoms with Crippen molar-refractivity contribution in [3.05, 3.63) is 124 Å². The molecule has 0 saturated carbocycles. The minimum atomic E-state index is 0.0728. The molecule has 0 saturated heterocycles. The highest BCUT2D eigenvalue weighted by molar-refractivity contribution is 6.30. The molecule has 3 nitrogen and oxygen atoms in total. The number of halogens is 1. The molecule has 1 N–H and O–H groups in total. The van der Waals surface area contributed by atoms with Gasteiger partial charge in [-0.25, -0.2) is 0 Å². The van der Waals surface area contributed by atoms with Crippen molar-refractivity contribution in [3.63, 3.8) is 0 Å². The number of rotatable bonds is 5. The number of fused-ring (bicyclic) bond motifs is 1. The first-order valence-electron chi connectivity index (χ1n) is 11.0. The van der Waals surface area contributed by atoms with Gasteiger partial charge in [0.2, 0.25) is 0 Å². The average molecular weight is 441 g/mol. The van der Waals surface area contributed by atoms with E-state index in [2.05, 4.69) is 53.8 Å². The molecule has 0 bridgehead atoms. The number of aromatic hydroxyl groups is 1. The second kappa shape index (κ2) is 9.05. The maximum absolute atomic E-state index is 10.2. The Labute approximate surface area is 193 Å². The first-order chi connectivity index (χ1) is 15.7. The molecule has 0 fully saturated rings. The van der Waals surface area contributed by atoms with E-state index in [1.807, 2.05) is 41.2 Å². The highest BCUT2D eigenvalue weighted by atomic mass is 35.5. The summed E-state index contributed by atoms with van der Waals surface area (Å²) in [7, 11) is 0. The van der Waals surface area contributed by atoms with Crippen molar-refractivity contribution in [1.29, 1.82) is 0 Å². The number of hydrogen-bond donors (Lipinski definition) is 1. The number of nitrogens with zero attached hydrogens (tertiary/aromatic N) is 2. The summed E-state index contributed by atoms with van der Waals surface area (Å²) in [5.41, 5.74) is 7.02. The summed E-state index contributed by atoms with van der Waals surface area (Å²) in [4.78, 5) is 0. The summed E-state index contributed by atoms with van der Waals surface area (Å²) in [5, 5.41) is 15.6. The molecular formula is C28H25ClN2O. The average Bonchev–Trinajstić information content (AvgIpc) is 3.27. The zero-order valence-electron chi connectivity index (χ0n) is 17.8. The van der Waals surface area contributed by atoms with E-state index in [9.17, 15) is 5.11 Å². The predicted octanol–water partition coefficient (Wildman–Crippen LogP) is 6.84. The van der Waals surface area contributed by atoms with Gasteiger partial charge in [-0.05, 0) is 59.7 Å². The topological polar surface area (TPSA) is 38.0 Å². The number of hydrogen-bond acceptors (Lipinski definition) is 2. The van der Waals surface area contributed by atoms with Crippen LogP contribution in [0, 0.1) is 0 Å². The summed E-state index contributed by atoms with van der Waals surface area (Å²) in [6.07, 6.45) is 9.35. The van der Waals surface area contributed by atoms with E-state index in [0.29, 0.717) is 12.3 Å². The lowest BCUT2D eigenvalue weighted by Crippen LogP contribution is -2.04. The fourth-order valence-electron chi connectivity index (χ4n) is 4.68. The Morgan fingerprint density at radius 3 is 2.59 bits per heavy atom. The van der Waals surface area contributed by atoms with Crippen LogP contribution in [0.3, 0.4) is 0 Å². The maximum Gasteiger partial charge on any atom is 0.119 e. The van der Waals surface area contributed by atoms with Crippen LogP contribution in [0.25, 0.3) is 5.57 Å². The van der Waals surface area contributed by atoms with Crippen LogP contribution >= 0.6 is 11.6 Å². The van der Waals surface area contributed by atoms with E-state index < -0.39 is 0 Å². The zero-order valence-corrected chi connectivity index (χ0v) is 18.5. The van der Waals surface area contributed by atoms with Crippen molar-refractivity contribution in [3.8, 4) is 5.75 Å². The van der Waals surface area contributed by atoms with E-state index in [-0.39, 0.29) is 5.92 Å². The Morgan fingerprint density at radius 2 is 1.75 bits per heavy atom. The molecule has 3 aromatic carbocycles. The normalized spacial score (nSPS) is 15.5. The molecular weight excluding hydrogens is 416 g/mol. The van der Waals surface area contributed by atoms with Crippen LogP contribution in [0.2, 0.25) is 5.02 Å². The lowest BCUT2D eigenvalue weighted by atomic mass is 9.86. The lowest BCUT2D eigenvalue weighted by molar-refractivity contribution is 0.466. The van der Waals surface area contributed by atoms with Crippen molar-refractivity contribution in [2.24, 2.45) is 0 Å². The van der Waals surface area contributed by atoms with Gasteiger partial charge in [0.25, 0.3) is 0 Å². The van der Waals surface area contributed by atoms with Crippen molar-refractivity contribution >= 4 is 17.2 Å². The molecule has 4 aromatic rings. The van der Waals surface area contributed by atoms with Gasteiger partial charge in [0, 0.05) is 28.3 Å². The van der Waals surface area contributed by atoms with Crippen molar-refractivity contribution in [1.82, 2.24) is 9.78 Å². The predicted molar refractivity (Wildman–Crippen MR) is 130 cm³/mol. The van der Waals surface area contributed by atoms with Gasteiger partial charge in [-0.3, -0.25) is 4.68 Å². The molecule has 0 aliphatic heterocycles. The van der Waals surface area contributed by atoms with Crippen molar-refractivity contribution in [2.75, 3.05) is 0 Å². The molecule has 1 heterocycles. The van der Waals surface area contributed by atoms with E-state index in [4.69, 9.17) is 11.6 Å². The molecule has 5 rings (SSSR count). The van der Waals surface area contributed by atoms with Gasteiger partial charge in [-0.2, -0.15) is 5.10 Å². The molecule has 0 radical (unpaired) electrons. The molecule has 160 valence electrons. The maximum atomic E-state index is 10.2. The highest BCUT2D eigenvalue weighted by Gasteiger charge is 2.19. The Bertz CT molecular complexity index is 1260. The number of phenols is 1. The molecule has 0 amide bonds. The summed E-state index contributed by atoms with van der Waals surface area (Å²) < 4.78 is 1.99. The fraction of sp³-hybridized carbons (Fsp3) is 0.179. The second-order valence-electron chi connectivity index (χ2n) is 8.28. The van der Waals surface area contributed by atoms with E-state index in [1.165, 1.54) is 16.7 Å². The summed E-state index contributed by atoms with van der Waals surface area (Å²) >= 11 is 6.31. The van der Waals surface area contributed by atoms with E-state index in [1.54, 1.807) is 6.07 Å². The monoisotopic (exact) mass is 440 g/mol. The molecule has 1 aliphatic carbocycles. The largest absolute Gasteiger partial charge is 0.508 e. The lowest BCUT2D eigenvalue weighted by Gasteiger charge is -2.20. The van der Waals surface area contributed by atoms with Crippen molar-refractivity contribution in [2.45, 2.75) is 31.7 Å². The smallest absolute Gasteiger partial charge is 0.119 e. The molecule has 1 aliphatic rings. The summed E-state index contributed by atoms with van der Waals surface area (Å²) in [6, 6.07) is 24.3. The van der Waals surface area contributed by atoms with Gasteiger partial charge >= 0.3 is 0 Å². The third kappa shape index (κ3) is 4.21. The van der Waals surface area contributed by atoms with Crippen LogP contribution < -0.4 is 0 Å². The Morgan fingerprint density at radius 1 is 0.938 bits per heavy atom. The van der Waals surface area contributed by atoms with Crippen LogP contribution in [0.15, 0.2) is 91.3 Å². The molecule has 1 unspecified atom stereocenters. The number of allylic oxidation sites excluding steroid dienone is 2. The summed E-state index contributed by atoms with van der Waals surface area (Å²) in [5.74, 6) is 0.477. The Balaban J connectivity index is 1.45. The van der Waals surface area contributed by atoms with Crippen molar-refractivity contribution < 1.29 is 5.11 Å². The number of benzene rings is 3. The van der Waals surface area contributed by atoms with Crippen LogP contribution in [-0.2, 0) is 13.0 Å². The van der Waals surface area contributed by atoms with Gasteiger partial charge in [-0.15, -0.1) is 0 Å². The standard InChI is InChI=1S/C28H25ClN2O/c29-24-11-4-10-22(17-24)28(21-7-2-1-3-8-21)23-18-30-31(19-23)16-15-20-9-5-13-26-25(20)12-6-14-27(26)32/h1-4,6-8,10-12,14-15,17-19,28,32H,5,9,13,16H2/b20-15-. The SMILES string of the molecule is Oc1cccc2c1CCC/C2=C/Cn1cc(C(c2ccccc2)c2cccc(Cl)c2)cn1. The van der Waals surface area contributed by atoms with Gasteiger partial charge in [0.15, 0.2) is 0 Å². The Hall–Kier alpha value is -3.30. The van der Waals surface area contributed by atoms with Crippen LogP contribution in [0.1, 0.15) is 46.6 Å². The number of phenolic OH excluding ortho intramolecular Hbond substituents is 1. The van der Waals surface area contributed by atoms with Crippen LogP contribution in [0.4, 0.5) is 0 Å². The minimum Gasteiger partial charge on any atom is -0.508 e. The van der Waals surface area contributed by atoms with Gasteiger partial charge in [0.1, 0.15) is 5.75 Å². The van der Waals surface area contributed by atoms with Gasteiger partial charge in [-0.1, -0.05) is 72.3 Å². The molecule has 32 heavy (non-hydrogen) atoms. The third-order valence-corrected chi connectivity index (χ3v) is 6.43. The van der Waals surface area contributed by atoms with Crippen LogP contribution in [0.5, 0.6) is 5.75 Å². The van der Waals surface area contributed by atoms with Gasteiger partial charge < -0.3 is 5.11 Å². The molecule has 4 heteroatoms. The first kappa shape index (κ1) is 20.6. The zero-order chi connectivity index (χ0) is 21.9. The molecule has 1 aromatic heterocycles. The number of aromatic nitrogens is 2. The summed E-state index contributed by atoms with van der Waals surface area (Å²) in [6.45, 7) is 0.696. The van der Waals surface area contributed by atoms with E-state index in [0.717, 1.165) is 41.0 Å². The first-order valence-corrected chi connectivity index (χ1v) is 11.4. The van der Waals surface area contributed by atoms with E-state index >= 15 is 0 Å². The quantitative estimate of drug-likeness (QED) is 0.368. The third-order valence-electron chi connectivity index (χ3n) is 6.20. The molecule has 0 spiro atoms. The fourth-order valence-corrected chi connectivity index (χ4v) is 4.88.